The van der Waals surface area contributed by atoms with E-state index in [9.17, 15) is 14.3 Å². The molecule has 1 unspecified atom stereocenters. The number of ether oxygens (including phenoxy) is 3. The number of amides is 1. The van der Waals surface area contributed by atoms with Crippen LogP contribution in [0.4, 0.5) is 0 Å². The molecule has 0 bridgehead atoms. The van der Waals surface area contributed by atoms with Crippen molar-refractivity contribution < 1.29 is 37.5 Å². The largest absolute Gasteiger partial charge is 0.527 e. The lowest BCUT2D eigenvalue weighted by Crippen LogP contribution is -2.29. The number of phosphoric acid groups is 1. The van der Waals surface area contributed by atoms with Crippen molar-refractivity contribution in [1.29, 1.82) is 0 Å². The maximum absolute atomic E-state index is 12.8. The summed E-state index contributed by atoms with van der Waals surface area (Å²) in [6.07, 6.45) is 5.61. The van der Waals surface area contributed by atoms with Gasteiger partial charge in [-0.15, -0.1) is 0 Å². The Labute approximate surface area is 291 Å². The summed E-state index contributed by atoms with van der Waals surface area (Å²) in [5.74, 6) is 0.0133. The number of phosphoric ester groups is 1. The molecule has 0 spiro atoms. The Morgan fingerprint density at radius 3 is 2.06 bits per heavy atom. The van der Waals surface area contributed by atoms with Crippen molar-refractivity contribution in [2.45, 2.75) is 32.9 Å². The molecule has 2 N–H and O–H groups in total. The Balaban J connectivity index is 0.913. The van der Waals surface area contributed by atoms with Crippen molar-refractivity contribution in [3.05, 3.63) is 101 Å². The van der Waals surface area contributed by atoms with E-state index in [-0.39, 0.29) is 36.5 Å². The molecule has 0 saturated heterocycles. The first kappa shape index (κ1) is 36.6. The maximum atomic E-state index is 12.8. The highest BCUT2D eigenvalue weighted by atomic mass is 35.5. The predicted octanol–water partition coefficient (Wildman–Crippen LogP) is 6.55. The standard InChI is InChI=1S/C36H43ClN3O8P/c1-28-26-39(33-12-5-2-9-30(28)33)16-8-17-40-27-29(31-10-3-6-13-34(31)40)25-36(41)38-15-18-44-19-20-45-21-22-46-23-24-47-49(42,43)48-35-14-7-4-11-32(35)37/h2-7,9-14,26-27H,8,15-25H2,1H3,(H,38,41)(H,42,43). The first-order chi connectivity index (χ1) is 23.8. The second-order valence-corrected chi connectivity index (χ2v) is 13.2. The average Bonchev–Trinajstić information content (AvgIpc) is 3.60. The van der Waals surface area contributed by atoms with Crippen LogP contribution >= 0.6 is 19.4 Å². The van der Waals surface area contributed by atoms with Crippen LogP contribution in [0.25, 0.3) is 21.8 Å². The van der Waals surface area contributed by atoms with Crippen LogP contribution in [0.15, 0.2) is 85.2 Å². The number of halogens is 1. The third kappa shape index (κ3) is 10.9. The van der Waals surface area contributed by atoms with Crippen LogP contribution in [0, 0.1) is 6.92 Å². The second-order valence-electron chi connectivity index (χ2n) is 11.4. The third-order valence-electron chi connectivity index (χ3n) is 7.85. The van der Waals surface area contributed by atoms with Crippen molar-refractivity contribution in [3.63, 3.8) is 0 Å². The van der Waals surface area contributed by atoms with Gasteiger partial charge in [-0.3, -0.25) is 14.2 Å². The summed E-state index contributed by atoms with van der Waals surface area (Å²) in [4.78, 5) is 22.6. The van der Waals surface area contributed by atoms with E-state index >= 15 is 0 Å². The fourth-order valence-electron chi connectivity index (χ4n) is 5.60. The highest BCUT2D eigenvalue weighted by molar-refractivity contribution is 7.47. The Morgan fingerprint density at radius 1 is 0.776 bits per heavy atom. The van der Waals surface area contributed by atoms with E-state index in [0.29, 0.717) is 39.4 Å². The number of carbonyl (C=O) groups is 1. The minimum atomic E-state index is -4.31. The summed E-state index contributed by atoms with van der Waals surface area (Å²) < 4.78 is 42.8. The van der Waals surface area contributed by atoms with Crippen molar-refractivity contribution in [1.82, 2.24) is 14.5 Å². The molecule has 11 nitrogen and oxygen atoms in total. The molecular weight excluding hydrogens is 669 g/mol. The van der Waals surface area contributed by atoms with Gasteiger partial charge in [0.15, 0.2) is 0 Å². The number of hydrogen-bond acceptors (Lipinski definition) is 7. The first-order valence-corrected chi connectivity index (χ1v) is 18.2. The number of aromatic nitrogens is 2. The lowest BCUT2D eigenvalue weighted by atomic mass is 10.1. The van der Waals surface area contributed by atoms with Crippen LogP contribution in [-0.4, -0.2) is 72.7 Å². The highest BCUT2D eigenvalue weighted by Crippen LogP contribution is 2.45. The van der Waals surface area contributed by atoms with Gasteiger partial charge in [0.25, 0.3) is 0 Å². The van der Waals surface area contributed by atoms with E-state index in [2.05, 4.69) is 70.2 Å². The van der Waals surface area contributed by atoms with Crippen LogP contribution in [0.2, 0.25) is 5.02 Å². The van der Waals surface area contributed by atoms with E-state index in [1.165, 1.54) is 22.5 Å². The molecule has 1 atom stereocenters. The normalized spacial score (nSPS) is 12.8. The number of fused-ring (bicyclic) bond motifs is 2. The molecule has 49 heavy (non-hydrogen) atoms. The van der Waals surface area contributed by atoms with Crippen molar-refractivity contribution in [2.75, 3.05) is 52.8 Å². The fraction of sp³-hybridized carbons (Fsp3) is 0.361. The van der Waals surface area contributed by atoms with Gasteiger partial charge in [0.2, 0.25) is 5.91 Å². The number of carbonyl (C=O) groups excluding carboxylic acids is 1. The second kappa shape index (κ2) is 18.4. The molecule has 0 aliphatic heterocycles. The van der Waals surface area contributed by atoms with Crippen LogP contribution in [0.5, 0.6) is 5.75 Å². The highest BCUT2D eigenvalue weighted by Gasteiger charge is 2.24. The van der Waals surface area contributed by atoms with Gasteiger partial charge in [0.1, 0.15) is 5.75 Å². The lowest BCUT2D eigenvalue weighted by molar-refractivity contribution is -0.120. The fourth-order valence-corrected chi connectivity index (χ4v) is 6.59. The molecule has 0 fully saturated rings. The summed E-state index contributed by atoms with van der Waals surface area (Å²) in [6.45, 7) is 5.99. The minimum Gasteiger partial charge on any atom is -0.403 e. The summed E-state index contributed by atoms with van der Waals surface area (Å²) in [5.41, 5.74) is 4.69. The molecular formula is C36H43ClN3O8P. The smallest absolute Gasteiger partial charge is 0.403 e. The van der Waals surface area contributed by atoms with Crippen LogP contribution in [0.3, 0.4) is 0 Å². The molecule has 5 rings (SSSR count). The number of rotatable bonds is 21. The SMILES string of the molecule is Cc1cn(CCCn2cc(CC(=O)NCCOCCOCCOCCOP(=O)(O)Oc3ccccc3Cl)c3ccccc32)c2ccccc12. The van der Waals surface area contributed by atoms with Crippen molar-refractivity contribution in [2.24, 2.45) is 0 Å². The minimum absolute atomic E-state index is 0.0499. The molecule has 0 saturated carbocycles. The van der Waals surface area contributed by atoms with Crippen molar-refractivity contribution >= 4 is 47.1 Å². The Morgan fingerprint density at radius 2 is 1.35 bits per heavy atom. The summed E-state index contributed by atoms with van der Waals surface area (Å²) >= 11 is 5.92. The molecule has 1 amide bonds. The van der Waals surface area contributed by atoms with Gasteiger partial charge in [-0.25, -0.2) is 4.57 Å². The van der Waals surface area contributed by atoms with Crippen LogP contribution < -0.4 is 9.84 Å². The monoisotopic (exact) mass is 711 g/mol. The maximum Gasteiger partial charge on any atom is 0.527 e. The van der Waals surface area contributed by atoms with Gasteiger partial charge in [0.05, 0.1) is 57.7 Å². The van der Waals surface area contributed by atoms with Crippen LogP contribution in [0.1, 0.15) is 17.5 Å². The van der Waals surface area contributed by atoms with Gasteiger partial charge in [-0.1, -0.05) is 60.1 Å². The molecule has 262 valence electrons. The quantitative estimate of drug-likeness (QED) is 0.0649. The predicted molar refractivity (Wildman–Crippen MR) is 190 cm³/mol. The summed E-state index contributed by atoms with van der Waals surface area (Å²) in [7, 11) is -4.31. The number of hydrogen-bond donors (Lipinski definition) is 2. The summed E-state index contributed by atoms with van der Waals surface area (Å²) in [6, 6.07) is 23.1. The molecule has 3 aromatic carbocycles. The molecule has 13 heteroatoms. The summed E-state index contributed by atoms with van der Waals surface area (Å²) in [5, 5.41) is 5.54. The van der Waals surface area contributed by atoms with E-state index in [1.807, 2.05) is 12.1 Å². The zero-order chi connectivity index (χ0) is 34.5. The number of para-hydroxylation sites is 3. The van der Waals surface area contributed by atoms with Gasteiger partial charge in [-0.05, 0) is 48.7 Å². The number of nitrogens with one attached hydrogen (secondary N) is 1. The number of nitrogens with zero attached hydrogens (tertiary/aromatic N) is 2. The number of benzene rings is 3. The first-order valence-electron chi connectivity index (χ1n) is 16.3. The van der Waals surface area contributed by atoms with Gasteiger partial charge < -0.3 is 33.2 Å². The topological polar surface area (TPSA) is 122 Å². The Bertz CT molecular complexity index is 1860. The van der Waals surface area contributed by atoms with Gasteiger partial charge in [0, 0.05) is 53.8 Å². The molecule has 0 radical (unpaired) electrons. The van der Waals surface area contributed by atoms with E-state index in [1.54, 1.807) is 18.2 Å². The zero-order valence-corrected chi connectivity index (χ0v) is 29.2. The van der Waals surface area contributed by atoms with Gasteiger partial charge in [-0.2, -0.15) is 0 Å². The Kier molecular flexibility index (Phi) is 13.7. The average molecular weight is 712 g/mol. The van der Waals surface area contributed by atoms with Crippen molar-refractivity contribution in [3.8, 4) is 5.75 Å². The molecule has 5 aromatic rings. The number of aryl methyl sites for hydroxylation is 3. The van der Waals surface area contributed by atoms with Crippen LogP contribution in [-0.2, 0) is 47.6 Å². The van der Waals surface area contributed by atoms with Gasteiger partial charge >= 0.3 is 7.82 Å². The lowest BCUT2D eigenvalue weighted by Gasteiger charge is -2.14. The Hall–Kier alpha value is -3.67. The van der Waals surface area contributed by atoms with E-state index in [0.717, 1.165) is 36.0 Å². The molecule has 0 aliphatic carbocycles. The molecule has 2 aromatic heterocycles. The van der Waals surface area contributed by atoms with E-state index in [4.69, 9.17) is 34.9 Å². The van der Waals surface area contributed by atoms with E-state index < -0.39 is 7.82 Å². The molecule has 0 aliphatic rings. The third-order valence-corrected chi connectivity index (χ3v) is 9.10. The zero-order valence-electron chi connectivity index (χ0n) is 27.6. The molecule has 2 heterocycles.